The number of ether oxygens (including phenoxy) is 1. The zero-order valence-corrected chi connectivity index (χ0v) is 10.4. The summed E-state index contributed by atoms with van der Waals surface area (Å²) in [6.45, 7) is 8.02. The van der Waals surface area contributed by atoms with Gasteiger partial charge in [0.2, 0.25) is 0 Å². The zero-order valence-electron chi connectivity index (χ0n) is 10.4. The second-order valence-electron chi connectivity index (χ2n) is 5.16. The fourth-order valence-electron chi connectivity index (χ4n) is 2.54. The van der Waals surface area contributed by atoms with E-state index in [1.807, 2.05) is 0 Å². The molecule has 0 aromatic heterocycles. The fraction of sp³-hybridized carbons (Fsp3) is 0.571. The van der Waals surface area contributed by atoms with Crippen LogP contribution >= 0.6 is 0 Å². The predicted octanol–water partition coefficient (Wildman–Crippen LogP) is 2.51. The molecule has 1 aliphatic heterocycles. The highest BCUT2D eigenvalue weighted by Gasteiger charge is 2.35. The van der Waals surface area contributed by atoms with Crippen molar-refractivity contribution in [3.63, 3.8) is 0 Å². The van der Waals surface area contributed by atoms with E-state index in [4.69, 9.17) is 10.5 Å². The van der Waals surface area contributed by atoms with Crippen molar-refractivity contribution >= 4 is 0 Å². The first-order chi connectivity index (χ1) is 7.51. The van der Waals surface area contributed by atoms with Crippen LogP contribution in [0.2, 0.25) is 0 Å². The second-order valence-corrected chi connectivity index (χ2v) is 5.16. The molecule has 16 heavy (non-hydrogen) atoms. The maximum Gasteiger partial charge on any atom is 0.0515 e. The van der Waals surface area contributed by atoms with Crippen LogP contribution in [-0.2, 0) is 10.3 Å². The third-order valence-electron chi connectivity index (χ3n) is 3.75. The lowest BCUT2D eigenvalue weighted by Gasteiger charge is -2.32. The van der Waals surface area contributed by atoms with Gasteiger partial charge in [0, 0.05) is 18.1 Å². The van der Waals surface area contributed by atoms with Crippen LogP contribution in [0, 0.1) is 19.8 Å². The smallest absolute Gasteiger partial charge is 0.0515 e. The number of rotatable bonds is 2. The van der Waals surface area contributed by atoms with E-state index in [1.54, 1.807) is 0 Å². The Morgan fingerprint density at radius 1 is 1.38 bits per heavy atom. The van der Waals surface area contributed by atoms with E-state index in [2.05, 4.69) is 39.0 Å². The van der Waals surface area contributed by atoms with Gasteiger partial charge in [0.1, 0.15) is 0 Å². The van der Waals surface area contributed by atoms with Crippen LogP contribution in [-0.4, -0.2) is 13.2 Å². The van der Waals surface area contributed by atoms with Gasteiger partial charge < -0.3 is 10.5 Å². The van der Waals surface area contributed by atoms with Crippen LogP contribution < -0.4 is 5.73 Å². The van der Waals surface area contributed by atoms with Gasteiger partial charge in [0.25, 0.3) is 0 Å². The normalized spacial score (nSPS) is 24.4. The first-order valence-electron chi connectivity index (χ1n) is 5.96. The van der Waals surface area contributed by atoms with Crippen molar-refractivity contribution in [2.75, 3.05) is 13.2 Å². The van der Waals surface area contributed by atoms with Gasteiger partial charge in [-0.2, -0.15) is 0 Å². The number of nitrogens with two attached hydrogens (primary N) is 1. The third-order valence-corrected chi connectivity index (χ3v) is 3.75. The molecule has 1 heterocycles. The van der Waals surface area contributed by atoms with Crippen LogP contribution in [0.4, 0.5) is 0 Å². The lowest BCUT2D eigenvalue weighted by atomic mass is 9.78. The summed E-state index contributed by atoms with van der Waals surface area (Å²) in [6, 6.07) is 6.51. The van der Waals surface area contributed by atoms with E-state index in [-0.39, 0.29) is 5.54 Å². The van der Waals surface area contributed by atoms with Crippen LogP contribution in [0.25, 0.3) is 0 Å². The monoisotopic (exact) mass is 219 g/mol. The molecule has 2 atom stereocenters. The summed E-state index contributed by atoms with van der Waals surface area (Å²) in [6.07, 6.45) is 1.07. The molecule has 0 radical (unpaired) electrons. The van der Waals surface area contributed by atoms with Gasteiger partial charge in [-0.3, -0.25) is 0 Å². The van der Waals surface area contributed by atoms with Gasteiger partial charge in [-0.05, 0) is 38.3 Å². The minimum Gasteiger partial charge on any atom is -0.381 e. The maximum absolute atomic E-state index is 6.53. The maximum atomic E-state index is 6.53. The minimum atomic E-state index is -0.271. The van der Waals surface area contributed by atoms with Gasteiger partial charge in [-0.1, -0.05) is 23.8 Å². The summed E-state index contributed by atoms with van der Waals surface area (Å²) in [5.41, 5.74) is 10.1. The lowest BCUT2D eigenvalue weighted by molar-refractivity contribution is 0.166. The van der Waals surface area contributed by atoms with Crippen molar-refractivity contribution in [1.29, 1.82) is 0 Å². The minimum absolute atomic E-state index is 0.271. The number of aryl methyl sites for hydroxylation is 2. The Bertz CT molecular complexity index is 378. The van der Waals surface area contributed by atoms with Gasteiger partial charge >= 0.3 is 0 Å². The summed E-state index contributed by atoms with van der Waals surface area (Å²) in [5.74, 6) is 0.438. The lowest BCUT2D eigenvalue weighted by Crippen LogP contribution is -2.42. The molecule has 88 valence electrons. The predicted molar refractivity (Wildman–Crippen MR) is 66.4 cm³/mol. The molecule has 2 unspecified atom stereocenters. The van der Waals surface area contributed by atoms with E-state index >= 15 is 0 Å². The van der Waals surface area contributed by atoms with Crippen molar-refractivity contribution in [3.8, 4) is 0 Å². The largest absolute Gasteiger partial charge is 0.381 e. The quantitative estimate of drug-likeness (QED) is 0.829. The number of hydrogen-bond acceptors (Lipinski definition) is 2. The molecule has 1 aromatic carbocycles. The molecule has 0 saturated carbocycles. The Labute approximate surface area is 97.8 Å². The Kier molecular flexibility index (Phi) is 3.04. The summed E-state index contributed by atoms with van der Waals surface area (Å²) in [5, 5.41) is 0. The van der Waals surface area contributed by atoms with E-state index in [1.165, 1.54) is 16.7 Å². The molecule has 0 bridgehead atoms. The van der Waals surface area contributed by atoms with Gasteiger partial charge in [0.15, 0.2) is 0 Å². The van der Waals surface area contributed by atoms with E-state index < -0.39 is 0 Å². The van der Waals surface area contributed by atoms with Crippen molar-refractivity contribution in [2.24, 2.45) is 11.7 Å². The molecule has 2 nitrogen and oxygen atoms in total. The zero-order chi connectivity index (χ0) is 11.8. The molecule has 0 amide bonds. The highest BCUT2D eigenvalue weighted by Crippen LogP contribution is 2.34. The molecule has 0 aliphatic carbocycles. The van der Waals surface area contributed by atoms with Gasteiger partial charge in [-0.25, -0.2) is 0 Å². The van der Waals surface area contributed by atoms with Crippen molar-refractivity contribution in [1.82, 2.24) is 0 Å². The van der Waals surface area contributed by atoms with Crippen LogP contribution in [0.15, 0.2) is 18.2 Å². The average Bonchev–Trinajstić information content (AvgIpc) is 2.75. The van der Waals surface area contributed by atoms with E-state index in [0.717, 1.165) is 19.6 Å². The Hall–Kier alpha value is -0.860. The van der Waals surface area contributed by atoms with Crippen molar-refractivity contribution < 1.29 is 4.74 Å². The Balaban J connectivity index is 2.37. The summed E-state index contributed by atoms with van der Waals surface area (Å²) >= 11 is 0. The van der Waals surface area contributed by atoms with Crippen LogP contribution in [0.1, 0.15) is 30.0 Å². The molecule has 1 saturated heterocycles. The summed E-state index contributed by atoms with van der Waals surface area (Å²) in [7, 11) is 0. The van der Waals surface area contributed by atoms with Crippen LogP contribution in [0.3, 0.4) is 0 Å². The molecule has 1 aromatic rings. The van der Waals surface area contributed by atoms with Crippen LogP contribution in [0.5, 0.6) is 0 Å². The van der Waals surface area contributed by atoms with E-state index in [9.17, 15) is 0 Å². The molecular formula is C14H21NO. The summed E-state index contributed by atoms with van der Waals surface area (Å²) in [4.78, 5) is 0. The summed E-state index contributed by atoms with van der Waals surface area (Å²) < 4.78 is 5.46. The topological polar surface area (TPSA) is 35.2 Å². The molecule has 2 N–H and O–H groups in total. The first-order valence-corrected chi connectivity index (χ1v) is 5.96. The Morgan fingerprint density at radius 3 is 2.75 bits per heavy atom. The third kappa shape index (κ3) is 2.00. The molecule has 0 spiro atoms. The molecule has 2 rings (SSSR count). The molecular weight excluding hydrogens is 198 g/mol. The van der Waals surface area contributed by atoms with E-state index in [0.29, 0.717) is 5.92 Å². The SMILES string of the molecule is Cc1ccc(C)c(C(C)(N)C2CCOC2)c1. The standard InChI is InChI=1S/C14H21NO/c1-10-4-5-11(2)13(8-10)14(3,15)12-6-7-16-9-12/h4-5,8,12H,6-7,9,15H2,1-3H3. The molecule has 1 aliphatic rings. The second kappa shape index (κ2) is 4.19. The molecule has 2 heteroatoms. The first kappa shape index (κ1) is 11.6. The van der Waals surface area contributed by atoms with Crippen molar-refractivity contribution in [2.45, 2.75) is 32.7 Å². The number of hydrogen-bond donors (Lipinski definition) is 1. The van der Waals surface area contributed by atoms with Crippen molar-refractivity contribution in [3.05, 3.63) is 34.9 Å². The number of benzene rings is 1. The van der Waals surface area contributed by atoms with Gasteiger partial charge in [-0.15, -0.1) is 0 Å². The highest BCUT2D eigenvalue weighted by atomic mass is 16.5. The fourth-order valence-corrected chi connectivity index (χ4v) is 2.54. The highest BCUT2D eigenvalue weighted by molar-refractivity contribution is 5.36. The molecule has 1 fully saturated rings. The Morgan fingerprint density at radius 2 is 2.12 bits per heavy atom. The van der Waals surface area contributed by atoms with Gasteiger partial charge in [0.05, 0.1) is 6.61 Å². The average molecular weight is 219 g/mol.